The fourth-order valence-corrected chi connectivity index (χ4v) is 4.50. The summed E-state index contributed by atoms with van der Waals surface area (Å²) in [6.07, 6.45) is 1.95. The molecule has 0 amide bonds. The van der Waals surface area contributed by atoms with Crippen LogP contribution < -0.4 is 0 Å². The molecule has 0 spiro atoms. The summed E-state index contributed by atoms with van der Waals surface area (Å²) in [4.78, 5) is 13.8. The molecule has 1 saturated heterocycles. The van der Waals surface area contributed by atoms with Crippen molar-refractivity contribution in [1.29, 1.82) is 0 Å². The Labute approximate surface area is 147 Å². The zero-order chi connectivity index (χ0) is 17.4. The van der Waals surface area contributed by atoms with Gasteiger partial charge in [-0.15, -0.1) is 0 Å². The number of nitrogens with zero attached hydrogens (tertiary/aromatic N) is 1. The van der Waals surface area contributed by atoms with Crippen molar-refractivity contribution in [3.8, 4) is 0 Å². The van der Waals surface area contributed by atoms with Gasteiger partial charge in [-0.1, -0.05) is 30.3 Å². The Morgan fingerprint density at radius 2 is 1.88 bits per heavy atom. The normalized spacial score (nSPS) is 25.4. The van der Waals surface area contributed by atoms with E-state index in [0.717, 1.165) is 37.5 Å². The van der Waals surface area contributed by atoms with Crippen molar-refractivity contribution in [3.63, 3.8) is 0 Å². The van der Waals surface area contributed by atoms with Gasteiger partial charge in [0, 0.05) is 19.6 Å². The van der Waals surface area contributed by atoms with Crippen molar-refractivity contribution in [2.24, 2.45) is 11.8 Å². The van der Waals surface area contributed by atoms with E-state index < -0.39 is 5.97 Å². The van der Waals surface area contributed by atoms with E-state index >= 15 is 0 Å². The van der Waals surface area contributed by atoms with Crippen LogP contribution in [-0.4, -0.2) is 35.6 Å². The Balaban J connectivity index is 1.36. The Kier molecular flexibility index (Phi) is 4.30. The van der Waals surface area contributed by atoms with Crippen LogP contribution in [0.15, 0.2) is 48.5 Å². The summed E-state index contributed by atoms with van der Waals surface area (Å²) in [5.74, 6) is 0.894. The molecule has 1 N–H and O–H groups in total. The molecule has 4 heteroatoms. The predicted octanol–water partition coefficient (Wildman–Crippen LogP) is 3.80. The molecule has 0 bridgehead atoms. The van der Waals surface area contributed by atoms with Gasteiger partial charge in [0.25, 0.3) is 0 Å². The maximum atomic E-state index is 13.1. The first-order valence-corrected chi connectivity index (χ1v) is 8.91. The minimum absolute atomic E-state index is 0.176. The van der Waals surface area contributed by atoms with E-state index in [1.54, 1.807) is 24.3 Å². The Morgan fingerprint density at radius 3 is 2.64 bits per heavy atom. The first-order chi connectivity index (χ1) is 12.1. The number of benzene rings is 2. The SMILES string of the molecule is O=C(O)c1ccccc1CCN1CC2CC(c3ccc(F)cc3)C2C1. The molecule has 3 unspecified atom stereocenters. The van der Waals surface area contributed by atoms with Crippen LogP contribution in [0.4, 0.5) is 4.39 Å². The number of likely N-dealkylation sites (tertiary alicyclic amines) is 1. The number of hydrogen-bond donors (Lipinski definition) is 1. The van der Waals surface area contributed by atoms with Gasteiger partial charge in [-0.2, -0.15) is 0 Å². The number of carbonyl (C=O) groups is 1. The summed E-state index contributed by atoms with van der Waals surface area (Å²) in [7, 11) is 0. The van der Waals surface area contributed by atoms with Crippen molar-refractivity contribution in [2.75, 3.05) is 19.6 Å². The van der Waals surface area contributed by atoms with Gasteiger partial charge in [-0.25, -0.2) is 9.18 Å². The van der Waals surface area contributed by atoms with Crippen molar-refractivity contribution in [2.45, 2.75) is 18.8 Å². The number of aromatic carboxylic acids is 1. The quantitative estimate of drug-likeness (QED) is 0.901. The molecule has 1 heterocycles. The average molecular weight is 339 g/mol. The molecule has 130 valence electrons. The zero-order valence-corrected chi connectivity index (χ0v) is 14.1. The lowest BCUT2D eigenvalue weighted by Gasteiger charge is -2.40. The summed E-state index contributed by atoms with van der Waals surface area (Å²) in [6, 6.07) is 14.2. The molecule has 4 rings (SSSR count). The maximum absolute atomic E-state index is 13.1. The minimum Gasteiger partial charge on any atom is -0.478 e. The molecule has 2 aliphatic rings. The van der Waals surface area contributed by atoms with Crippen molar-refractivity contribution in [3.05, 3.63) is 71.0 Å². The van der Waals surface area contributed by atoms with Crippen LogP contribution in [-0.2, 0) is 6.42 Å². The van der Waals surface area contributed by atoms with Gasteiger partial charge in [-0.3, -0.25) is 0 Å². The van der Waals surface area contributed by atoms with Crippen LogP contribution in [0.2, 0.25) is 0 Å². The largest absolute Gasteiger partial charge is 0.478 e. The molecule has 1 aliphatic heterocycles. The number of hydrogen-bond acceptors (Lipinski definition) is 2. The van der Waals surface area contributed by atoms with Crippen molar-refractivity contribution >= 4 is 5.97 Å². The topological polar surface area (TPSA) is 40.5 Å². The Morgan fingerprint density at radius 1 is 1.12 bits per heavy atom. The maximum Gasteiger partial charge on any atom is 0.335 e. The van der Waals surface area contributed by atoms with Gasteiger partial charge >= 0.3 is 5.97 Å². The highest BCUT2D eigenvalue weighted by atomic mass is 19.1. The van der Waals surface area contributed by atoms with Crippen LogP contribution in [0.5, 0.6) is 0 Å². The number of rotatable bonds is 5. The molecule has 25 heavy (non-hydrogen) atoms. The van der Waals surface area contributed by atoms with Gasteiger partial charge in [0.05, 0.1) is 5.56 Å². The highest BCUT2D eigenvalue weighted by Crippen LogP contribution is 2.51. The molecule has 2 aromatic rings. The average Bonchev–Trinajstić information content (AvgIpc) is 2.91. The van der Waals surface area contributed by atoms with E-state index in [9.17, 15) is 14.3 Å². The zero-order valence-electron chi connectivity index (χ0n) is 14.1. The third kappa shape index (κ3) is 3.19. The first kappa shape index (κ1) is 16.3. The predicted molar refractivity (Wildman–Crippen MR) is 94.3 cm³/mol. The number of fused-ring (bicyclic) bond motifs is 1. The highest BCUT2D eigenvalue weighted by molar-refractivity contribution is 5.89. The smallest absolute Gasteiger partial charge is 0.335 e. The third-order valence-corrected chi connectivity index (χ3v) is 5.88. The fourth-order valence-electron chi connectivity index (χ4n) is 4.50. The third-order valence-electron chi connectivity index (χ3n) is 5.88. The molecule has 2 aromatic carbocycles. The van der Waals surface area contributed by atoms with Gasteiger partial charge < -0.3 is 10.0 Å². The van der Waals surface area contributed by atoms with Gasteiger partial charge in [0.1, 0.15) is 5.82 Å². The van der Waals surface area contributed by atoms with E-state index in [2.05, 4.69) is 4.90 Å². The van der Waals surface area contributed by atoms with E-state index in [-0.39, 0.29) is 5.82 Å². The lowest BCUT2D eigenvalue weighted by atomic mass is 9.64. The van der Waals surface area contributed by atoms with Gasteiger partial charge in [-0.05, 0) is 59.9 Å². The molecular formula is C21H22FNO2. The number of carboxylic acids is 1. The second-order valence-electron chi connectivity index (χ2n) is 7.29. The minimum atomic E-state index is -0.853. The van der Waals surface area contributed by atoms with Crippen LogP contribution in [0, 0.1) is 17.7 Å². The summed E-state index contributed by atoms with van der Waals surface area (Å²) >= 11 is 0. The molecule has 0 radical (unpaired) electrons. The van der Waals surface area contributed by atoms with E-state index in [1.165, 1.54) is 12.0 Å². The number of carboxylic acid groups (broad SMARTS) is 1. The summed E-state index contributed by atoms with van der Waals surface area (Å²) < 4.78 is 13.1. The molecule has 0 aromatic heterocycles. The van der Waals surface area contributed by atoms with Crippen LogP contribution in [0.25, 0.3) is 0 Å². The summed E-state index contributed by atoms with van der Waals surface area (Å²) in [5, 5.41) is 9.29. The lowest BCUT2D eigenvalue weighted by molar-refractivity contribution is 0.0695. The molecule has 1 saturated carbocycles. The Bertz CT molecular complexity index is 774. The van der Waals surface area contributed by atoms with Gasteiger partial charge in [0.15, 0.2) is 0 Å². The molecule has 2 fully saturated rings. The van der Waals surface area contributed by atoms with Gasteiger partial charge in [0.2, 0.25) is 0 Å². The summed E-state index contributed by atoms with van der Waals surface area (Å²) in [6.45, 7) is 3.05. The second-order valence-corrected chi connectivity index (χ2v) is 7.29. The standard InChI is InChI=1S/C21H22FNO2/c22-17-7-5-15(6-8-17)19-11-16-12-23(13-20(16)19)10-9-14-3-1-2-4-18(14)21(24)25/h1-8,16,19-20H,9-13H2,(H,24,25). The number of halogens is 1. The lowest BCUT2D eigenvalue weighted by Crippen LogP contribution is -2.33. The first-order valence-electron chi connectivity index (χ1n) is 8.91. The van der Waals surface area contributed by atoms with Crippen LogP contribution in [0.1, 0.15) is 33.8 Å². The monoisotopic (exact) mass is 339 g/mol. The van der Waals surface area contributed by atoms with E-state index in [1.807, 2.05) is 24.3 Å². The van der Waals surface area contributed by atoms with E-state index in [0.29, 0.717) is 17.4 Å². The van der Waals surface area contributed by atoms with Crippen LogP contribution in [0.3, 0.4) is 0 Å². The highest BCUT2D eigenvalue weighted by Gasteiger charge is 2.47. The van der Waals surface area contributed by atoms with Crippen LogP contribution >= 0.6 is 0 Å². The van der Waals surface area contributed by atoms with E-state index in [4.69, 9.17) is 0 Å². The summed E-state index contributed by atoms with van der Waals surface area (Å²) in [5.41, 5.74) is 2.57. The fraction of sp³-hybridized carbons (Fsp3) is 0.381. The Hall–Kier alpha value is -2.20. The van der Waals surface area contributed by atoms with Crippen molar-refractivity contribution in [1.82, 2.24) is 4.90 Å². The second kappa shape index (κ2) is 6.60. The molecule has 3 nitrogen and oxygen atoms in total. The molecular weight excluding hydrogens is 317 g/mol. The molecule has 1 aliphatic carbocycles. The van der Waals surface area contributed by atoms with Crippen molar-refractivity contribution < 1.29 is 14.3 Å². The molecule has 3 atom stereocenters.